The zero-order chi connectivity index (χ0) is 16.9. The van der Waals surface area contributed by atoms with E-state index in [9.17, 15) is 9.18 Å². The van der Waals surface area contributed by atoms with Gasteiger partial charge in [0.15, 0.2) is 5.75 Å². The van der Waals surface area contributed by atoms with Crippen LogP contribution in [0.2, 0.25) is 0 Å². The molecule has 5 nitrogen and oxygen atoms in total. The average Bonchev–Trinajstić information content (AvgIpc) is 2.54. The van der Waals surface area contributed by atoms with Crippen molar-refractivity contribution in [2.24, 2.45) is 5.92 Å². The summed E-state index contributed by atoms with van der Waals surface area (Å²) in [7, 11) is 1.53. The molecule has 1 heterocycles. The first kappa shape index (κ1) is 17.1. The zero-order valence-electron chi connectivity index (χ0n) is 13.5. The van der Waals surface area contributed by atoms with Crippen molar-refractivity contribution in [2.45, 2.75) is 38.3 Å². The molecular formula is C17H22FN3O2. The van der Waals surface area contributed by atoms with Crippen LogP contribution in [-0.2, 0) is 4.79 Å². The SMILES string of the molecule is C=CC(=O)Nc1ncc(OC)c(/C=C/C2CCC(C)(F)CC2)n1. The van der Waals surface area contributed by atoms with Gasteiger partial charge in [-0.25, -0.2) is 14.4 Å². The molecule has 2 rings (SSSR count). The number of carbonyl (C=O) groups is 1. The van der Waals surface area contributed by atoms with Crippen molar-refractivity contribution in [1.82, 2.24) is 9.97 Å². The van der Waals surface area contributed by atoms with Crippen molar-refractivity contribution in [3.8, 4) is 5.75 Å². The lowest BCUT2D eigenvalue weighted by molar-refractivity contribution is -0.111. The fourth-order valence-corrected chi connectivity index (χ4v) is 2.54. The van der Waals surface area contributed by atoms with E-state index in [0.29, 0.717) is 30.2 Å². The van der Waals surface area contributed by atoms with Gasteiger partial charge in [-0.05, 0) is 50.7 Å². The van der Waals surface area contributed by atoms with Crippen LogP contribution in [0, 0.1) is 5.92 Å². The van der Waals surface area contributed by atoms with Gasteiger partial charge in [0.25, 0.3) is 0 Å². The molecule has 0 aliphatic heterocycles. The molecule has 0 unspecified atom stereocenters. The second-order valence-corrected chi connectivity index (χ2v) is 5.95. The number of alkyl halides is 1. The number of nitrogens with zero attached hydrogens (tertiary/aromatic N) is 2. The van der Waals surface area contributed by atoms with Gasteiger partial charge in [0, 0.05) is 0 Å². The molecule has 1 aliphatic rings. The Morgan fingerprint density at radius 1 is 1.52 bits per heavy atom. The van der Waals surface area contributed by atoms with Gasteiger partial charge in [-0.15, -0.1) is 0 Å². The number of ether oxygens (including phenoxy) is 1. The molecule has 0 bridgehead atoms. The molecule has 1 aromatic rings. The van der Waals surface area contributed by atoms with E-state index in [0.717, 1.165) is 18.9 Å². The van der Waals surface area contributed by atoms with Crippen LogP contribution >= 0.6 is 0 Å². The van der Waals surface area contributed by atoms with Crippen LogP contribution in [0.3, 0.4) is 0 Å². The van der Waals surface area contributed by atoms with E-state index in [-0.39, 0.29) is 11.9 Å². The number of rotatable bonds is 5. The summed E-state index contributed by atoms with van der Waals surface area (Å²) in [4.78, 5) is 19.6. The molecule has 0 saturated heterocycles. The molecule has 1 aliphatic carbocycles. The number of amides is 1. The number of carbonyl (C=O) groups excluding carboxylic acids is 1. The number of hydrogen-bond donors (Lipinski definition) is 1. The Labute approximate surface area is 135 Å². The van der Waals surface area contributed by atoms with Gasteiger partial charge in [-0.2, -0.15) is 0 Å². The molecule has 1 amide bonds. The first-order chi connectivity index (χ1) is 10.9. The summed E-state index contributed by atoms with van der Waals surface area (Å²) in [5, 5.41) is 2.51. The molecule has 23 heavy (non-hydrogen) atoms. The van der Waals surface area contributed by atoms with Gasteiger partial charge in [-0.3, -0.25) is 10.1 Å². The molecule has 0 atom stereocenters. The van der Waals surface area contributed by atoms with Crippen molar-refractivity contribution in [3.05, 3.63) is 30.6 Å². The minimum Gasteiger partial charge on any atom is -0.493 e. The second-order valence-electron chi connectivity index (χ2n) is 5.95. The number of hydrogen-bond acceptors (Lipinski definition) is 4. The molecule has 6 heteroatoms. The monoisotopic (exact) mass is 319 g/mol. The van der Waals surface area contributed by atoms with Crippen molar-refractivity contribution in [3.63, 3.8) is 0 Å². The number of aromatic nitrogens is 2. The maximum Gasteiger partial charge on any atom is 0.250 e. The van der Waals surface area contributed by atoms with E-state index in [1.807, 2.05) is 12.2 Å². The Morgan fingerprint density at radius 3 is 2.83 bits per heavy atom. The zero-order valence-corrected chi connectivity index (χ0v) is 13.5. The van der Waals surface area contributed by atoms with Crippen LogP contribution in [0.1, 0.15) is 38.3 Å². The highest BCUT2D eigenvalue weighted by Crippen LogP contribution is 2.35. The molecule has 0 aromatic carbocycles. The summed E-state index contributed by atoms with van der Waals surface area (Å²) in [6, 6.07) is 0. The van der Waals surface area contributed by atoms with Crippen molar-refractivity contribution in [2.75, 3.05) is 12.4 Å². The Hall–Kier alpha value is -2.24. The summed E-state index contributed by atoms with van der Waals surface area (Å²) in [6.07, 6.45) is 9.31. The van der Waals surface area contributed by atoms with Gasteiger partial charge >= 0.3 is 0 Å². The van der Waals surface area contributed by atoms with Crippen LogP contribution in [0.5, 0.6) is 5.75 Å². The van der Waals surface area contributed by atoms with Gasteiger partial charge in [0.1, 0.15) is 11.4 Å². The molecule has 1 saturated carbocycles. The molecular weight excluding hydrogens is 297 g/mol. The minimum absolute atomic E-state index is 0.190. The van der Waals surface area contributed by atoms with E-state index < -0.39 is 5.67 Å². The highest BCUT2D eigenvalue weighted by atomic mass is 19.1. The number of allylic oxidation sites excluding steroid dienone is 1. The van der Waals surface area contributed by atoms with Gasteiger partial charge in [0.2, 0.25) is 11.9 Å². The maximum absolute atomic E-state index is 13.8. The van der Waals surface area contributed by atoms with Crippen LogP contribution in [0.4, 0.5) is 10.3 Å². The lowest BCUT2D eigenvalue weighted by atomic mass is 9.81. The molecule has 0 spiro atoms. The molecule has 1 fully saturated rings. The topological polar surface area (TPSA) is 64.1 Å². The highest BCUT2D eigenvalue weighted by molar-refractivity contribution is 5.97. The molecule has 1 N–H and O–H groups in total. The highest BCUT2D eigenvalue weighted by Gasteiger charge is 2.29. The van der Waals surface area contributed by atoms with Crippen molar-refractivity contribution < 1.29 is 13.9 Å². The lowest BCUT2D eigenvalue weighted by Crippen LogP contribution is -2.25. The van der Waals surface area contributed by atoms with E-state index in [1.165, 1.54) is 13.3 Å². The van der Waals surface area contributed by atoms with Crippen molar-refractivity contribution >= 4 is 17.9 Å². The van der Waals surface area contributed by atoms with Crippen LogP contribution in [-0.4, -0.2) is 28.7 Å². The molecule has 1 aromatic heterocycles. The fraction of sp³-hybridized carbons (Fsp3) is 0.471. The van der Waals surface area contributed by atoms with E-state index in [2.05, 4.69) is 21.9 Å². The predicted molar refractivity (Wildman–Crippen MR) is 87.9 cm³/mol. The Bertz CT molecular complexity index is 604. The minimum atomic E-state index is -1.04. The number of anilines is 1. The summed E-state index contributed by atoms with van der Waals surface area (Å²) in [6.45, 7) is 5.05. The quantitative estimate of drug-likeness (QED) is 0.843. The Balaban J connectivity index is 2.11. The molecule has 0 radical (unpaired) electrons. The Morgan fingerprint density at radius 2 is 2.22 bits per heavy atom. The standard InChI is InChI=1S/C17H22FN3O2/c1-4-15(22)21-16-19-11-14(23-3)13(20-16)6-5-12-7-9-17(2,18)10-8-12/h4-6,11-12H,1,7-10H2,2-3H3,(H,19,20,21,22)/b6-5+. The van der Waals surface area contributed by atoms with Gasteiger partial charge in [-0.1, -0.05) is 12.7 Å². The van der Waals surface area contributed by atoms with Crippen LogP contribution in [0.25, 0.3) is 6.08 Å². The maximum atomic E-state index is 13.8. The smallest absolute Gasteiger partial charge is 0.250 e. The first-order valence-electron chi connectivity index (χ1n) is 7.65. The normalized spacial score (nSPS) is 24.4. The number of methoxy groups -OCH3 is 1. The van der Waals surface area contributed by atoms with Crippen LogP contribution < -0.4 is 10.1 Å². The number of nitrogens with one attached hydrogen (secondary N) is 1. The van der Waals surface area contributed by atoms with E-state index in [1.54, 1.807) is 6.92 Å². The van der Waals surface area contributed by atoms with Gasteiger partial charge in [0.05, 0.1) is 13.3 Å². The summed E-state index contributed by atoms with van der Waals surface area (Å²) in [5.41, 5.74) is -0.463. The first-order valence-corrected chi connectivity index (χ1v) is 7.65. The summed E-state index contributed by atoms with van der Waals surface area (Å²) < 4.78 is 19.1. The third kappa shape index (κ3) is 4.87. The molecule has 124 valence electrons. The lowest BCUT2D eigenvalue weighted by Gasteiger charge is -2.29. The van der Waals surface area contributed by atoms with Gasteiger partial charge < -0.3 is 4.74 Å². The third-order valence-corrected chi connectivity index (χ3v) is 4.02. The average molecular weight is 319 g/mol. The largest absolute Gasteiger partial charge is 0.493 e. The summed E-state index contributed by atoms with van der Waals surface area (Å²) in [5.74, 6) is 0.656. The summed E-state index contributed by atoms with van der Waals surface area (Å²) >= 11 is 0. The van der Waals surface area contributed by atoms with E-state index >= 15 is 0 Å². The fourth-order valence-electron chi connectivity index (χ4n) is 2.54. The van der Waals surface area contributed by atoms with Crippen LogP contribution in [0.15, 0.2) is 24.9 Å². The van der Waals surface area contributed by atoms with E-state index in [4.69, 9.17) is 4.74 Å². The predicted octanol–water partition coefficient (Wildman–Crippen LogP) is 3.54. The third-order valence-electron chi connectivity index (χ3n) is 4.02. The van der Waals surface area contributed by atoms with Crippen molar-refractivity contribution in [1.29, 1.82) is 0 Å². The second kappa shape index (κ2) is 7.35. The number of halogens is 1. The Kier molecular flexibility index (Phi) is 5.47.